The third kappa shape index (κ3) is 2.96. The molecule has 1 amide bonds. The second-order valence-corrected chi connectivity index (χ2v) is 8.23. The maximum atomic E-state index is 14.0. The number of fused-ring (bicyclic) bond motifs is 2. The highest BCUT2D eigenvalue weighted by molar-refractivity contribution is 5.79. The van der Waals surface area contributed by atoms with E-state index in [1.54, 1.807) is 6.07 Å². The van der Waals surface area contributed by atoms with Gasteiger partial charge in [-0.05, 0) is 30.0 Å². The summed E-state index contributed by atoms with van der Waals surface area (Å²) in [4.78, 5) is 14.8. The van der Waals surface area contributed by atoms with E-state index in [2.05, 4.69) is 22.3 Å². The molecule has 3 heterocycles. The lowest BCUT2D eigenvalue weighted by Gasteiger charge is -2.55. The Bertz CT molecular complexity index is 832. The molecule has 0 radical (unpaired) electrons. The SMILES string of the molecule is O=C(C1CCCC1)N1C[C@@H]2N[C@H](C1)C2c1ccc(-c2ccccc2F)cc1. The molecule has 6 rings (SSSR count). The van der Waals surface area contributed by atoms with Crippen LogP contribution in [0.15, 0.2) is 48.5 Å². The molecule has 27 heavy (non-hydrogen) atoms. The lowest BCUT2D eigenvalue weighted by Crippen LogP contribution is -2.72. The zero-order valence-electron chi connectivity index (χ0n) is 15.4. The van der Waals surface area contributed by atoms with Crippen LogP contribution in [0.3, 0.4) is 0 Å². The van der Waals surface area contributed by atoms with Crippen LogP contribution in [0, 0.1) is 11.7 Å². The van der Waals surface area contributed by atoms with Crippen LogP contribution in [0.1, 0.15) is 37.2 Å². The molecule has 0 spiro atoms. The average Bonchev–Trinajstić information content (AvgIpc) is 3.23. The number of amides is 1. The second-order valence-electron chi connectivity index (χ2n) is 8.23. The fourth-order valence-electron chi connectivity index (χ4n) is 5.18. The van der Waals surface area contributed by atoms with Crippen LogP contribution in [0.5, 0.6) is 0 Å². The van der Waals surface area contributed by atoms with Crippen molar-refractivity contribution in [2.24, 2.45) is 5.92 Å². The zero-order chi connectivity index (χ0) is 18.4. The lowest BCUT2D eigenvalue weighted by molar-refractivity contribution is -0.140. The van der Waals surface area contributed by atoms with Crippen molar-refractivity contribution in [3.05, 3.63) is 59.9 Å². The van der Waals surface area contributed by atoms with E-state index in [0.29, 0.717) is 29.5 Å². The van der Waals surface area contributed by atoms with Gasteiger partial charge in [0.15, 0.2) is 0 Å². The topological polar surface area (TPSA) is 32.3 Å². The van der Waals surface area contributed by atoms with E-state index >= 15 is 0 Å². The third-order valence-electron chi connectivity index (χ3n) is 6.63. The predicted octanol–water partition coefficient (Wildman–Crippen LogP) is 3.95. The molecule has 1 saturated carbocycles. The van der Waals surface area contributed by atoms with Gasteiger partial charge >= 0.3 is 0 Å². The van der Waals surface area contributed by atoms with Crippen molar-refractivity contribution in [1.29, 1.82) is 0 Å². The first kappa shape index (κ1) is 16.9. The molecule has 4 heteroatoms. The summed E-state index contributed by atoms with van der Waals surface area (Å²) in [5.41, 5.74) is 2.84. The average molecular weight is 364 g/mol. The number of piperazine rings is 1. The minimum absolute atomic E-state index is 0.187. The molecule has 140 valence electrons. The Hall–Kier alpha value is -2.20. The maximum absolute atomic E-state index is 14.0. The lowest BCUT2D eigenvalue weighted by atomic mass is 9.73. The van der Waals surface area contributed by atoms with E-state index in [0.717, 1.165) is 31.5 Å². The molecule has 4 aliphatic rings. The minimum atomic E-state index is -0.187. The van der Waals surface area contributed by atoms with E-state index in [4.69, 9.17) is 0 Å². The molecule has 3 saturated heterocycles. The van der Waals surface area contributed by atoms with Crippen LogP contribution in [0.2, 0.25) is 0 Å². The van der Waals surface area contributed by atoms with Crippen molar-refractivity contribution in [2.45, 2.75) is 43.7 Å². The number of carbonyl (C=O) groups is 1. The van der Waals surface area contributed by atoms with E-state index in [1.165, 1.54) is 24.5 Å². The van der Waals surface area contributed by atoms with Gasteiger partial charge < -0.3 is 10.2 Å². The number of carbonyl (C=O) groups excluding carboxylic acids is 1. The molecule has 2 aromatic rings. The van der Waals surface area contributed by atoms with Crippen molar-refractivity contribution in [3.63, 3.8) is 0 Å². The smallest absolute Gasteiger partial charge is 0.225 e. The second kappa shape index (κ2) is 6.75. The van der Waals surface area contributed by atoms with Gasteiger partial charge in [0.25, 0.3) is 0 Å². The van der Waals surface area contributed by atoms with Gasteiger partial charge in [-0.1, -0.05) is 55.3 Å². The van der Waals surface area contributed by atoms with Crippen molar-refractivity contribution < 1.29 is 9.18 Å². The van der Waals surface area contributed by atoms with E-state index in [-0.39, 0.29) is 11.7 Å². The fourth-order valence-corrected chi connectivity index (χ4v) is 5.18. The molecule has 4 fully saturated rings. The Balaban J connectivity index is 1.28. The van der Waals surface area contributed by atoms with Gasteiger partial charge in [0.1, 0.15) is 5.82 Å². The van der Waals surface area contributed by atoms with Crippen molar-refractivity contribution in [3.8, 4) is 11.1 Å². The number of rotatable bonds is 3. The Labute approximate surface area is 159 Å². The normalized spacial score (nSPS) is 27.4. The third-order valence-corrected chi connectivity index (χ3v) is 6.63. The number of hydrogen-bond acceptors (Lipinski definition) is 2. The van der Waals surface area contributed by atoms with Crippen LogP contribution in [-0.4, -0.2) is 36.0 Å². The van der Waals surface area contributed by atoms with Crippen LogP contribution in [0.4, 0.5) is 4.39 Å². The fraction of sp³-hybridized carbons (Fsp3) is 0.435. The van der Waals surface area contributed by atoms with Crippen LogP contribution < -0.4 is 5.32 Å². The van der Waals surface area contributed by atoms with Gasteiger partial charge in [0, 0.05) is 42.6 Å². The molecular formula is C23H25FN2O. The van der Waals surface area contributed by atoms with Gasteiger partial charge in [-0.25, -0.2) is 4.39 Å². The van der Waals surface area contributed by atoms with E-state index in [9.17, 15) is 9.18 Å². The number of nitrogens with zero attached hydrogens (tertiary/aromatic N) is 1. The zero-order valence-corrected chi connectivity index (χ0v) is 15.4. The Morgan fingerprint density at radius 1 is 0.963 bits per heavy atom. The van der Waals surface area contributed by atoms with Crippen LogP contribution in [-0.2, 0) is 4.79 Å². The van der Waals surface area contributed by atoms with E-state index in [1.807, 2.05) is 24.3 Å². The van der Waals surface area contributed by atoms with Crippen molar-refractivity contribution in [1.82, 2.24) is 10.2 Å². The minimum Gasteiger partial charge on any atom is -0.339 e. The first-order valence-electron chi connectivity index (χ1n) is 10.1. The first-order valence-corrected chi connectivity index (χ1v) is 10.1. The summed E-state index contributed by atoms with van der Waals surface area (Å²) >= 11 is 0. The largest absolute Gasteiger partial charge is 0.339 e. The highest BCUT2D eigenvalue weighted by atomic mass is 19.1. The number of hydrogen-bond donors (Lipinski definition) is 1. The maximum Gasteiger partial charge on any atom is 0.225 e. The Morgan fingerprint density at radius 3 is 2.30 bits per heavy atom. The summed E-state index contributed by atoms with van der Waals surface area (Å²) in [6.07, 6.45) is 4.54. The number of benzene rings is 2. The predicted molar refractivity (Wildman–Crippen MR) is 104 cm³/mol. The van der Waals surface area contributed by atoms with Crippen LogP contribution in [0.25, 0.3) is 11.1 Å². The monoisotopic (exact) mass is 364 g/mol. The molecule has 2 bridgehead atoms. The van der Waals surface area contributed by atoms with Gasteiger partial charge in [-0.2, -0.15) is 0 Å². The summed E-state index contributed by atoms with van der Waals surface area (Å²) < 4.78 is 14.0. The quantitative estimate of drug-likeness (QED) is 0.894. The molecular weight excluding hydrogens is 339 g/mol. The number of piperidine rings is 1. The molecule has 2 aromatic carbocycles. The Morgan fingerprint density at radius 2 is 1.63 bits per heavy atom. The summed E-state index contributed by atoms with van der Waals surface area (Å²) in [6.45, 7) is 1.62. The van der Waals surface area contributed by atoms with Crippen LogP contribution >= 0.6 is 0 Å². The van der Waals surface area contributed by atoms with Gasteiger partial charge in [-0.3, -0.25) is 4.79 Å². The number of nitrogens with one attached hydrogen (secondary N) is 1. The Kier molecular flexibility index (Phi) is 4.24. The molecule has 1 N–H and O–H groups in total. The van der Waals surface area contributed by atoms with Crippen molar-refractivity contribution >= 4 is 5.91 Å². The molecule has 1 unspecified atom stereocenters. The standard InChI is InChI=1S/C23H25FN2O/c24-19-8-4-3-7-18(19)15-9-11-16(12-10-15)22-20-13-26(14-21(22)25-20)23(27)17-5-1-2-6-17/h3-4,7-12,17,20-22,25H,1-2,5-6,13-14H2/t20-,21+,22?. The van der Waals surface area contributed by atoms with Gasteiger partial charge in [0.2, 0.25) is 5.91 Å². The van der Waals surface area contributed by atoms with Gasteiger partial charge in [0.05, 0.1) is 0 Å². The molecule has 3 nitrogen and oxygen atoms in total. The molecule has 0 aromatic heterocycles. The number of halogens is 1. The summed E-state index contributed by atoms with van der Waals surface area (Å²) in [5.74, 6) is 0.902. The van der Waals surface area contributed by atoms with E-state index < -0.39 is 0 Å². The highest BCUT2D eigenvalue weighted by Crippen LogP contribution is 2.39. The summed E-state index contributed by atoms with van der Waals surface area (Å²) in [7, 11) is 0. The molecule has 1 aliphatic carbocycles. The molecule has 3 atom stereocenters. The summed E-state index contributed by atoms with van der Waals surface area (Å²) in [6, 6.07) is 15.9. The molecule has 3 aliphatic heterocycles. The van der Waals surface area contributed by atoms with Gasteiger partial charge in [-0.15, -0.1) is 0 Å². The highest BCUT2D eigenvalue weighted by Gasteiger charge is 2.48. The summed E-state index contributed by atoms with van der Waals surface area (Å²) in [5, 5.41) is 3.60. The first-order chi connectivity index (χ1) is 13.2. The van der Waals surface area contributed by atoms with Crippen molar-refractivity contribution in [2.75, 3.05) is 13.1 Å².